The molecule has 33 heavy (non-hydrogen) atoms. The SMILES string of the molecule is COc1cccc(C=C2CCc3c2oc2cc(NC(=O)/C=C\C(=O)O)ccc2c3=O)c1OC. The number of ether oxygens (including phenoxy) is 2. The Morgan fingerprint density at radius 3 is 2.64 bits per heavy atom. The van der Waals surface area contributed by atoms with Crippen molar-refractivity contribution in [3.63, 3.8) is 0 Å². The molecule has 2 aromatic carbocycles. The number of rotatable bonds is 6. The van der Waals surface area contributed by atoms with Gasteiger partial charge in [0.1, 0.15) is 11.3 Å². The second-order valence-corrected chi connectivity index (χ2v) is 7.36. The average molecular weight is 447 g/mol. The van der Waals surface area contributed by atoms with E-state index in [4.69, 9.17) is 19.0 Å². The Morgan fingerprint density at radius 1 is 1.09 bits per heavy atom. The molecule has 3 aromatic rings. The molecule has 1 amide bonds. The Kier molecular flexibility index (Phi) is 5.99. The quantitative estimate of drug-likeness (QED) is 0.551. The monoisotopic (exact) mass is 447 g/mol. The highest BCUT2D eigenvalue weighted by atomic mass is 16.5. The number of allylic oxidation sites excluding steroid dienone is 1. The predicted octanol–water partition coefficient (Wildman–Crippen LogP) is 3.88. The normalized spacial score (nSPS) is 13.9. The van der Waals surface area contributed by atoms with Gasteiger partial charge in [0.2, 0.25) is 5.91 Å². The van der Waals surface area contributed by atoms with Gasteiger partial charge in [-0.15, -0.1) is 0 Å². The van der Waals surface area contributed by atoms with Crippen molar-refractivity contribution < 1.29 is 28.6 Å². The van der Waals surface area contributed by atoms with E-state index in [0.717, 1.165) is 23.3 Å². The number of amides is 1. The van der Waals surface area contributed by atoms with Crippen molar-refractivity contribution in [3.8, 4) is 11.5 Å². The molecule has 1 aliphatic rings. The lowest BCUT2D eigenvalue weighted by Gasteiger charge is -2.11. The van der Waals surface area contributed by atoms with Gasteiger partial charge in [-0.25, -0.2) is 4.79 Å². The summed E-state index contributed by atoms with van der Waals surface area (Å²) < 4.78 is 17.0. The van der Waals surface area contributed by atoms with E-state index in [2.05, 4.69) is 5.32 Å². The van der Waals surface area contributed by atoms with Gasteiger partial charge in [0.05, 0.1) is 19.6 Å². The molecule has 0 bridgehead atoms. The first-order chi connectivity index (χ1) is 15.9. The molecule has 0 spiro atoms. The van der Waals surface area contributed by atoms with Gasteiger partial charge in [0.25, 0.3) is 0 Å². The number of carbonyl (C=O) groups excluding carboxylic acids is 1. The maximum atomic E-state index is 13.1. The summed E-state index contributed by atoms with van der Waals surface area (Å²) in [6.07, 6.45) is 4.77. The van der Waals surface area contributed by atoms with Crippen molar-refractivity contribution in [2.45, 2.75) is 12.8 Å². The summed E-state index contributed by atoms with van der Waals surface area (Å²) in [5, 5.41) is 11.6. The third-order valence-corrected chi connectivity index (χ3v) is 5.33. The second-order valence-electron chi connectivity index (χ2n) is 7.36. The number of carboxylic acid groups (broad SMARTS) is 1. The Labute approximate surface area is 188 Å². The van der Waals surface area contributed by atoms with Crippen LogP contribution in [0.5, 0.6) is 11.5 Å². The number of aliphatic carboxylic acids is 1. The molecule has 0 atom stereocenters. The number of hydrogen-bond donors (Lipinski definition) is 2. The molecule has 2 N–H and O–H groups in total. The zero-order valence-electron chi connectivity index (χ0n) is 18.0. The number of para-hydroxylation sites is 1. The Balaban J connectivity index is 1.75. The molecule has 0 unspecified atom stereocenters. The zero-order chi connectivity index (χ0) is 23.5. The van der Waals surface area contributed by atoms with Crippen LogP contribution in [-0.2, 0) is 16.0 Å². The molecule has 1 aliphatic carbocycles. The van der Waals surface area contributed by atoms with Gasteiger partial charge in [-0.2, -0.15) is 0 Å². The topological polar surface area (TPSA) is 115 Å². The molecule has 0 saturated heterocycles. The van der Waals surface area contributed by atoms with Gasteiger partial charge in [0, 0.05) is 35.0 Å². The van der Waals surface area contributed by atoms with E-state index >= 15 is 0 Å². The van der Waals surface area contributed by atoms with E-state index in [1.165, 1.54) is 0 Å². The van der Waals surface area contributed by atoms with E-state index in [1.807, 2.05) is 18.2 Å². The Morgan fingerprint density at radius 2 is 1.91 bits per heavy atom. The number of anilines is 1. The standard InChI is InChI=1S/C25H21NO7/c1-31-19-5-3-4-14(25(19)32-2)12-15-6-8-18-23(30)17-9-7-16(13-20(17)33-24(15)18)26-21(27)10-11-22(28)29/h3-5,7,9-13H,6,8H2,1-2H3,(H,26,27)(H,28,29)/b11-10-,15-12?. The number of hydrogen-bond acceptors (Lipinski definition) is 6. The lowest BCUT2D eigenvalue weighted by molar-refractivity contribution is -0.131. The lowest BCUT2D eigenvalue weighted by Crippen LogP contribution is -2.11. The molecular formula is C25H21NO7. The number of nitrogens with one attached hydrogen (secondary N) is 1. The lowest BCUT2D eigenvalue weighted by atomic mass is 10.1. The third-order valence-electron chi connectivity index (χ3n) is 5.33. The van der Waals surface area contributed by atoms with Crippen LogP contribution in [0.4, 0.5) is 5.69 Å². The first-order valence-electron chi connectivity index (χ1n) is 10.1. The molecule has 168 valence electrons. The van der Waals surface area contributed by atoms with Crippen molar-refractivity contribution >= 4 is 40.2 Å². The van der Waals surface area contributed by atoms with Crippen molar-refractivity contribution in [1.82, 2.24) is 0 Å². The molecular weight excluding hydrogens is 426 g/mol. The van der Waals surface area contributed by atoms with Gasteiger partial charge in [-0.05, 0) is 42.7 Å². The first-order valence-corrected chi connectivity index (χ1v) is 10.1. The van der Waals surface area contributed by atoms with Gasteiger partial charge in [-0.3, -0.25) is 9.59 Å². The fourth-order valence-corrected chi connectivity index (χ4v) is 3.85. The molecule has 8 nitrogen and oxygen atoms in total. The van der Waals surface area contributed by atoms with Gasteiger partial charge < -0.3 is 24.3 Å². The van der Waals surface area contributed by atoms with Crippen LogP contribution >= 0.6 is 0 Å². The first kappa shape index (κ1) is 21.9. The van der Waals surface area contributed by atoms with Crippen LogP contribution in [0.15, 0.2) is 57.8 Å². The minimum atomic E-state index is -1.22. The molecule has 0 fully saturated rings. The maximum absolute atomic E-state index is 13.1. The molecule has 8 heteroatoms. The van der Waals surface area contributed by atoms with E-state index in [0.29, 0.717) is 52.3 Å². The summed E-state index contributed by atoms with van der Waals surface area (Å²) in [4.78, 5) is 35.5. The highest BCUT2D eigenvalue weighted by Crippen LogP contribution is 2.38. The number of carboxylic acids is 1. The van der Waals surface area contributed by atoms with Crippen LogP contribution in [0.1, 0.15) is 23.3 Å². The van der Waals surface area contributed by atoms with Crippen molar-refractivity contribution in [3.05, 3.63) is 75.7 Å². The smallest absolute Gasteiger partial charge is 0.328 e. The highest BCUT2D eigenvalue weighted by Gasteiger charge is 2.24. The fourth-order valence-electron chi connectivity index (χ4n) is 3.85. The van der Waals surface area contributed by atoms with Crippen LogP contribution in [0.25, 0.3) is 22.6 Å². The molecule has 0 aliphatic heterocycles. The highest BCUT2D eigenvalue weighted by molar-refractivity contribution is 6.03. The largest absolute Gasteiger partial charge is 0.493 e. The number of fused-ring (bicyclic) bond motifs is 2. The predicted molar refractivity (Wildman–Crippen MR) is 124 cm³/mol. The van der Waals surface area contributed by atoms with Crippen LogP contribution in [-0.4, -0.2) is 31.2 Å². The molecule has 0 saturated carbocycles. The summed E-state index contributed by atoms with van der Waals surface area (Å²) >= 11 is 0. The summed E-state index contributed by atoms with van der Waals surface area (Å²) in [6.45, 7) is 0. The minimum Gasteiger partial charge on any atom is -0.493 e. The van der Waals surface area contributed by atoms with Gasteiger partial charge in [-0.1, -0.05) is 12.1 Å². The zero-order valence-corrected chi connectivity index (χ0v) is 18.0. The second kappa shape index (κ2) is 9.04. The van der Waals surface area contributed by atoms with Gasteiger partial charge in [0.15, 0.2) is 16.9 Å². The summed E-state index contributed by atoms with van der Waals surface area (Å²) in [6, 6.07) is 10.3. The maximum Gasteiger partial charge on any atom is 0.328 e. The number of carbonyl (C=O) groups is 2. The van der Waals surface area contributed by atoms with Crippen molar-refractivity contribution in [1.29, 1.82) is 0 Å². The summed E-state index contributed by atoms with van der Waals surface area (Å²) in [5.74, 6) is -0.138. The molecule has 4 rings (SSSR count). The minimum absolute atomic E-state index is 0.115. The third kappa shape index (κ3) is 4.36. The fraction of sp³-hybridized carbons (Fsp3) is 0.160. The van der Waals surface area contributed by atoms with Gasteiger partial charge >= 0.3 is 5.97 Å². The van der Waals surface area contributed by atoms with E-state index < -0.39 is 11.9 Å². The van der Waals surface area contributed by atoms with E-state index in [9.17, 15) is 14.4 Å². The number of benzene rings is 2. The van der Waals surface area contributed by atoms with Crippen molar-refractivity contribution in [2.24, 2.45) is 0 Å². The molecule has 1 aromatic heterocycles. The van der Waals surface area contributed by atoms with Crippen LogP contribution in [0.2, 0.25) is 0 Å². The average Bonchev–Trinajstić information content (AvgIpc) is 3.20. The summed E-state index contributed by atoms with van der Waals surface area (Å²) in [5.41, 5.74) is 2.85. The molecule has 0 radical (unpaired) electrons. The number of methoxy groups -OCH3 is 2. The van der Waals surface area contributed by atoms with Crippen LogP contribution < -0.4 is 20.2 Å². The van der Waals surface area contributed by atoms with Crippen LogP contribution in [0, 0.1) is 0 Å². The molecule has 1 heterocycles. The van der Waals surface area contributed by atoms with E-state index in [1.54, 1.807) is 38.5 Å². The van der Waals surface area contributed by atoms with E-state index in [-0.39, 0.29) is 5.43 Å². The van der Waals surface area contributed by atoms with Crippen LogP contribution in [0.3, 0.4) is 0 Å². The van der Waals surface area contributed by atoms with Crippen molar-refractivity contribution in [2.75, 3.05) is 19.5 Å². The Bertz CT molecular complexity index is 1380. The Hall–Kier alpha value is -4.33. The summed E-state index contributed by atoms with van der Waals surface area (Å²) in [7, 11) is 3.14.